The lowest BCUT2D eigenvalue weighted by molar-refractivity contribution is 0.340. The summed E-state index contributed by atoms with van der Waals surface area (Å²) in [5.74, 6) is 1.19. The maximum atomic E-state index is 12.7. The highest BCUT2D eigenvalue weighted by Crippen LogP contribution is 2.28. The largest absolute Gasteiger partial charge is 0.494 e. The molecule has 148 valence electrons. The van der Waals surface area contributed by atoms with Gasteiger partial charge in [0.15, 0.2) is 11.6 Å². The second-order valence-corrected chi connectivity index (χ2v) is 8.89. The number of sulfonamides is 1. The number of para-hydroxylation sites is 2. The first-order valence-electron chi connectivity index (χ1n) is 8.88. The third-order valence-corrected chi connectivity index (χ3v) is 6.73. The number of hydrogen-bond acceptors (Lipinski definition) is 7. The lowest BCUT2D eigenvalue weighted by atomic mass is 10.3. The molecule has 0 amide bonds. The Kier molecular flexibility index (Phi) is 5.32. The number of fused-ring (bicyclic) bond motifs is 1. The molecule has 0 fully saturated rings. The van der Waals surface area contributed by atoms with E-state index in [2.05, 4.69) is 20.0 Å². The summed E-state index contributed by atoms with van der Waals surface area (Å²) in [6, 6.07) is 17.8. The Hall–Kier alpha value is -3.17. The Morgan fingerprint density at radius 2 is 1.62 bits per heavy atom. The summed E-state index contributed by atoms with van der Waals surface area (Å²) in [6.07, 6.45) is 0. The molecular weight excluding hydrogens is 408 g/mol. The van der Waals surface area contributed by atoms with E-state index in [-0.39, 0.29) is 10.0 Å². The number of nitrogens with one attached hydrogen (secondary N) is 2. The van der Waals surface area contributed by atoms with Crippen molar-refractivity contribution in [3.63, 3.8) is 0 Å². The van der Waals surface area contributed by atoms with Crippen molar-refractivity contribution < 1.29 is 13.2 Å². The van der Waals surface area contributed by atoms with E-state index >= 15 is 0 Å². The van der Waals surface area contributed by atoms with Gasteiger partial charge in [-0.1, -0.05) is 18.2 Å². The minimum atomic E-state index is -3.76. The molecule has 0 aliphatic rings. The molecule has 29 heavy (non-hydrogen) atoms. The smallest absolute Gasteiger partial charge is 0.272 e. The third-order valence-electron chi connectivity index (χ3n) is 3.99. The molecule has 0 spiro atoms. The van der Waals surface area contributed by atoms with Crippen molar-refractivity contribution in [1.82, 2.24) is 9.97 Å². The van der Waals surface area contributed by atoms with Crippen molar-refractivity contribution in [3.05, 3.63) is 66.0 Å². The molecule has 0 aliphatic heterocycles. The molecule has 0 saturated heterocycles. The fraction of sp³-hybridized carbons (Fsp3) is 0.100. The van der Waals surface area contributed by atoms with E-state index in [4.69, 9.17) is 4.74 Å². The van der Waals surface area contributed by atoms with Crippen LogP contribution in [-0.4, -0.2) is 25.0 Å². The molecule has 0 radical (unpaired) electrons. The van der Waals surface area contributed by atoms with E-state index in [9.17, 15) is 8.42 Å². The predicted octanol–water partition coefficient (Wildman–Crippen LogP) is 4.63. The first-order chi connectivity index (χ1) is 14.0. The van der Waals surface area contributed by atoms with Gasteiger partial charge in [0.1, 0.15) is 9.96 Å². The fourth-order valence-electron chi connectivity index (χ4n) is 2.69. The first kappa shape index (κ1) is 19.2. The molecule has 0 aliphatic carbocycles. The van der Waals surface area contributed by atoms with Crippen LogP contribution in [0.15, 0.2) is 70.3 Å². The summed E-state index contributed by atoms with van der Waals surface area (Å²) < 4.78 is 33.6. The first-order valence-corrected chi connectivity index (χ1v) is 11.2. The summed E-state index contributed by atoms with van der Waals surface area (Å²) in [7, 11) is -3.76. The van der Waals surface area contributed by atoms with E-state index in [1.165, 1.54) is 0 Å². The Labute approximate surface area is 172 Å². The molecule has 0 saturated carbocycles. The van der Waals surface area contributed by atoms with Crippen molar-refractivity contribution in [2.24, 2.45) is 0 Å². The van der Waals surface area contributed by atoms with Gasteiger partial charge in [-0.3, -0.25) is 4.72 Å². The Balaban J connectivity index is 1.72. The van der Waals surface area contributed by atoms with E-state index in [1.54, 1.807) is 23.6 Å². The maximum Gasteiger partial charge on any atom is 0.272 e. The van der Waals surface area contributed by atoms with Gasteiger partial charge in [0, 0.05) is 5.69 Å². The quantitative estimate of drug-likeness (QED) is 0.447. The molecule has 4 aromatic rings. The topological polar surface area (TPSA) is 93.2 Å². The van der Waals surface area contributed by atoms with Crippen LogP contribution in [0.5, 0.6) is 5.75 Å². The minimum absolute atomic E-state index is 0.131. The number of thiophene rings is 1. The second kappa shape index (κ2) is 8.06. The van der Waals surface area contributed by atoms with E-state index in [1.807, 2.05) is 49.4 Å². The van der Waals surface area contributed by atoms with Crippen LogP contribution in [0.1, 0.15) is 6.92 Å². The van der Waals surface area contributed by atoms with Crippen molar-refractivity contribution in [2.75, 3.05) is 16.6 Å². The summed E-state index contributed by atoms with van der Waals surface area (Å²) in [5, 5.41) is 4.86. The van der Waals surface area contributed by atoms with Gasteiger partial charge in [-0.15, -0.1) is 11.3 Å². The molecule has 2 heterocycles. The molecule has 4 rings (SSSR count). The average Bonchev–Trinajstić information content (AvgIpc) is 3.26. The zero-order chi connectivity index (χ0) is 20.3. The minimum Gasteiger partial charge on any atom is -0.494 e. The maximum absolute atomic E-state index is 12.7. The molecule has 0 bridgehead atoms. The molecule has 2 N–H and O–H groups in total. The Bertz CT molecular complexity index is 1220. The molecular formula is C20H18N4O3S2. The van der Waals surface area contributed by atoms with Crippen molar-refractivity contribution in [1.29, 1.82) is 0 Å². The van der Waals surface area contributed by atoms with E-state index in [0.29, 0.717) is 23.5 Å². The van der Waals surface area contributed by atoms with Crippen molar-refractivity contribution in [3.8, 4) is 5.75 Å². The fourth-order valence-corrected chi connectivity index (χ4v) is 4.69. The summed E-state index contributed by atoms with van der Waals surface area (Å²) in [6.45, 7) is 2.50. The molecule has 0 atom stereocenters. The number of hydrogen-bond donors (Lipinski definition) is 2. The molecule has 2 aromatic heterocycles. The third kappa shape index (κ3) is 4.30. The van der Waals surface area contributed by atoms with Crippen LogP contribution in [0.3, 0.4) is 0 Å². The SMILES string of the molecule is CCOc1ccc(Nc2nc3ccccc3nc2NS(=O)(=O)c2cccs2)cc1. The van der Waals surface area contributed by atoms with Gasteiger partial charge in [-0.05, 0) is 54.8 Å². The van der Waals surface area contributed by atoms with E-state index in [0.717, 1.165) is 22.8 Å². The monoisotopic (exact) mass is 426 g/mol. The summed E-state index contributed by atoms with van der Waals surface area (Å²) in [4.78, 5) is 9.04. The van der Waals surface area contributed by atoms with Crippen LogP contribution in [0.25, 0.3) is 11.0 Å². The standard InChI is InChI=1S/C20H18N4O3S2/c1-2-27-15-11-9-14(10-12-15)21-19-20(23-17-7-4-3-6-16(17)22-19)24-29(25,26)18-8-5-13-28-18/h3-13H,2H2,1H3,(H,21,22)(H,23,24). The van der Waals surface area contributed by atoms with E-state index < -0.39 is 10.0 Å². The molecule has 2 aromatic carbocycles. The molecule has 9 heteroatoms. The number of rotatable bonds is 7. The van der Waals surface area contributed by atoms with Crippen LogP contribution in [0.4, 0.5) is 17.3 Å². The number of aromatic nitrogens is 2. The summed E-state index contributed by atoms with van der Waals surface area (Å²) >= 11 is 1.14. The number of ether oxygens (including phenoxy) is 1. The average molecular weight is 427 g/mol. The van der Waals surface area contributed by atoms with Gasteiger partial charge in [0.25, 0.3) is 10.0 Å². The molecule has 0 unspecified atom stereocenters. The Morgan fingerprint density at radius 3 is 2.24 bits per heavy atom. The van der Waals surface area contributed by atoms with Gasteiger partial charge in [0.05, 0.1) is 17.6 Å². The summed E-state index contributed by atoms with van der Waals surface area (Å²) in [5.41, 5.74) is 1.98. The normalized spacial score (nSPS) is 11.3. The highest BCUT2D eigenvalue weighted by molar-refractivity contribution is 7.94. The van der Waals surface area contributed by atoms with Crippen LogP contribution in [-0.2, 0) is 10.0 Å². The van der Waals surface area contributed by atoms with Crippen LogP contribution in [0.2, 0.25) is 0 Å². The lowest BCUT2D eigenvalue weighted by Gasteiger charge is -2.13. The Morgan fingerprint density at radius 1 is 0.931 bits per heavy atom. The highest BCUT2D eigenvalue weighted by Gasteiger charge is 2.19. The highest BCUT2D eigenvalue weighted by atomic mass is 32.2. The van der Waals surface area contributed by atoms with Gasteiger partial charge >= 0.3 is 0 Å². The zero-order valence-electron chi connectivity index (χ0n) is 15.5. The number of benzene rings is 2. The van der Waals surface area contributed by atoms with Crippen LogP contribution >= 0.6 is 11.3 Å². The lowest BCUT2D eigenvalue weighted by Crippen LogP contribution is -2.15. The van der Waals surface area contributed by atoms with Gasteiger partial charge in [-0.25, -0.2) is 18.4 Å². The van der Waals surface area contributed by atoms with Crippen LogP contribution < -0.4 is 14.8 Å². The number of anilines is 3. The van der Waals surface area contributed by atoms with Gasteiger partial charge in [0.2, 0.25) is 0 Å². The number of nitrogens with zero attached hydrogens (tertiary/aromatic N) is 2. The zero-order valence-corrected chi connectivity index (χ0v) is 17.1. The van der Waals surface area contributed by atoms with Crippen molar-refractivity contribution >= 4 is 49.7 Å². The predicted molar refractivity (Wildman–Crippen MR) is 116 cm³/mol. The van der Waals surface area contributed by atoms with Gasteiger partial charge < -0.3 is 10.1 Å². The molecule has 7 nitrogen and oxygen atoms in total. The second-order valence-electron chi connectivity index (χ2n) is 6.03. The van der Waals surface area contributed by atoms with Crippen molar-refractivity contribution in [2.45, 2.75) is 11.1 Å². The van der Waals surface area contributed by atoms with Gasteiger partial charge in [-0.2, -0.15) is 0 Å². The van der Waals surface area contributed by atoms with Crippen LogP contribution in [0, 0.1) is 0 Å².